The highest BCUT2D eigenvalue weighted by atomic mass is 16.1. The fourth-order valence-electron chi connectivity index (χ4n) is 1.31. The van der Waals surface area contributed by atoms with Gasteiger partial charge in [-0.3, -0.25) is 4.79 Å². The zero-order valence-corrected chi connectivity index (χ0v) is 7.86. The summed E-state index contributed by atoms with van der Waals surface area (Å²) in [4.78, 5) is 13.6. The maximum atomic E-state index is 11.3. The Kier molecular flexibility index (Phi) is 2.23. The summed E-state index contributed by atoms with van der Waals surface area (Å²) < 4.78 is 0. The Balaban J connectivity index is 2.12. The Morgan fingerprint density at radius 2 is 2.00 bits per heavy atom. The number of nitrogens with one attached hydrogen (secondary N) is 1. The summed E-state index contributed by atoms with van der Waals surface area (Å²) in [5.74, 6) is -0.114. The lowest BCUT2D eigenvalue weighted by atomic mass is 10.2. The third-order valence-corrected chi connectivity index (χ3v) is 2.18. The zero-order chi connectivity index (χ0) is 9.97. The third-order valence-electron chi connectivity index (χ3n) is 2.18. The average Bonchev–Trinajstić information content (AvgIpc) is 3.02. The van der Waals surface area contributed by atoms with Crippen molar-refractivity contribution in [3.05, 3.63) is 42.6 Å². The molecule has 0 radical (unpaired) electrons. The fourth-order valence-corrected chi connectivity index (χ4v) is 1.31. The first kappa shape index (κ1) is 8.81. The van der Waals surface area contributed by atoms with Gasteiger partial charge in [0, 0.05) is 24.3 Å². The smallest absolute Gasteiger partial charge is 0.255 e. The standard InChI is InChI=1S/C11H12N2O/c1-2-12-11(14)9-3-5-10(6-4-9)13-7-8-13/h2-6H,1,7-8H2,(H,12,14). The van der Waals surface area contributed by atoms with Crippen molar-refractivity contribution < 1.29 is 4.79 Å². The first-order valence-electron chi connectivity index (χ1n) is 4.58. The summed E-state index contributed by atoms with van der Waals surface area (Å²) in [5, 5.41) is 2.54. The quantitative estimate of drug-likeness (QED) is 0.727. The largest absolute Gasteiger partial charge is 0.368 e. The molecule has 0 atom stereocenters. The molecule has 0 unspecified atom stereocenters. The van der Waals surface area contributed by atoms with Gasteiger partial charge >= 0.3 is 0 Å². The van der Waals surface area contributed by atoms with E-state index in [0.717, 1.165) is 13.1 Å². The van der Waals surface area contributed by atoms with Crippen molar-refractivity contribution in [2.24, 2.45) is 0 Å². The lowest BCUT2D eigenvalue weighted by Crippen LogP contribution is -2.16. The predicted octanol–water partition coefficient (Wildman–Crippen LogP) is 1.38. The molecule has 2 rings (SSSR count). The summed E-state index contributed by atoms with van der Waals surface area (Å²) in [6, 6.07) is 7.58. The summed E-state index contributed by atoms with van der Waals surface area (Å²) in [7, 11) is 0. The van der Waals surface area contributed by atoms with E-state index in [2.05, 4.69) is 16.8 Å². The van der Waals surface area contributed by atoms with Crippen LogP contribution in [0.2, 0.25) is 0 Å². The van der Waals surface area contributed by atoms with E-state index in [1.54, 1.807) is 0 Å². The summed E-state index contributed by atoms with van der Waals surface area (Å²) in [5.41, 5.74) is 1.84. The Labute approximate surface area is 83.0 Å². The molecule has 0 bridgehead atoms. The Hall–Kier alpha value is -1.77. The van der Waals surface area contributed by atoms with Crippen LogP contribution in [0.1, 0.15) is 10.4 Å². The van der Waals surface area contributed by atoms with Crippen molar-refractivity contribution in [2.45, 2.75) is 0 Å². The first-order chi connectivity index (χ1) is 6.81. The molecule has 0 spiro atoms. The molecule has 1 aliphatic heterocycles. The monoisotopic (exact) mass is 188 g/mol. The highest BCUT2D eigenvalue weighted by molar-refractivity contribution is 5.95. The van der Waals surface area contributed by atoms with Gasteiger partial charge in [-0.15, -0.1) is 0 Å². The molecule has 3 nitrogen and oxygen atoms in total. The summed E-state index contributed by atoms with van der Waals surface area (Å²) >= 11 is 0. The first-order valence-corrected chi connectivity index (χ1v) is 4.58. The lowest BCUT2D eigenvalue weighted by molar-refractivity contribution is 0.0970. The molecule has 14 heavy (non-hydrogen) atoms. The number of carbonyl (C=O) groups excluding carboxylic acids is 1. The molecule has 1 fully saturated rings. The maximum absolute atomic E-state index is 11.3. The number of carbonyl (C=O) groups is 1. The summed E-state index contributed by atoms with van der Waals surface area (Å²) in [6.45, 7) is 5.69. The van der Waals surface area contributed by atoms with E-state index in [1.807, 2.05) is 24.3 Å². The SMILES string of the molecule is C=CNC(=O)c1ccc(N2CC2)cc1. The summed E-state index contributed by atoms with van der Waals surface area (Å²) in [6.07, 6.45) is 1.39. The van der Waals surface area contributed by atoms with Gasteiger partial charge in [-0.1, -0.05) is 6.58 Å². The number of nitrogens with zero attached hydrogens (tertiary/aromatic N) is 1. The predicted molar refractivity (Wildman–Crippen MR) is 56.3 cm³/mol. The fraction of sp³-hybridized carbons (Fsp3) is 0.182. The number of hydrogen-bond donors (Lipinski definition) is 1. The van der Waals surface area contributed by atoms with Gasteiger partial charge in [0.1, 0.15) is 0 Å². The van der Waals surface area contributed by atoms with Crippen LogP contribution in [-0.2, 0) is 0 Å². The van der Waals surface area contributed by atoms with Crippen LogP contribution in [0.4, 0.5) is 5.69 Å². The second-order valence-corrected chi connectivity index (χ2v) is 3.21. The number of anilines is 1. The van der Waals surface area contributed by atoms with Gasteiger partial charge in [0.25, 0.3) is 5.91 Å². The molecule has 3 heteroatoms. The molecule has 1 aromatic rings. The minimum Gasteiger partial charge on any atom is -0.368 e. The molecule has 1 aromatic carbocycles. The maximum Gasteiger partial charge on any atom is 0.255 e. The zero-order valence-electron chi connectivity index (χ0n) is 7.86. The Bertz CT molecular complexity index is 352. The van der Waals surface area contributed by atoms with Crippen LogP contribution in [0.25, 0.3) is 0 Å². The molecule has 72 valence electrons. The van der Waals surface area contributed by atoms with Gasteiger partial charge in [-0.25, -0.2) is 0 Å². The van der Waals surface area contributed by atoms with Crippen LogP contribution >= 0.6 is 0 Å². The van der Waals surface area contributed by atoms with Crippen LogP contribution in [0, 0.1) is 0 Å². The molecular weight excluding hydrogens is 176 g/mol. The van der Waals surface area contributed by atoms with Crippen LogP contribution in [-0.4, -0.2) is 19.0 Å². The van der Waals surface area contributed by atoms with Crippen LogP contribution in [0.5, 0.6) is 0 Å². The van der Waals surface area contributed by atoms with Gasteiger partial charge < -0.3 is 10.2 Å². The van der Waals surface area contributed by atoms with Gasteiger partial charge in [0.15, 0.2) is 0 Å². The lowest BCUT2D eigenvalue weighted by Gasteiger charge is -2.03. The van der Waals surface area contributed by atoms with E-state index in [1.165, 1.54) is 11.9 Å². The van der Waals surface area contributed by atoms with Crippen molar-refractivity contribution in [3.8, 4) is 0 Å². The van der Waals surface area contributed by atoms with Gasteiger partial charge in [-0.05, 0) is 30.5 Å². The second kappa shape index (κ2) is 3.54. The average molecular weight is 188 g/mol. The van der Waals surface area contributed by atoms with E-state index in [9.17, 15) is 4.79 Å². The van der Waals surface area contributed by atoms with Crippen molar-refractivity contribution in [3.63, 3.8) is 0 Å². The third kappa shape index (κ3) is 1.76. The number of hydrogen-bond acceptors (Lipinski definition) is 2. The van der Waals surface area contributed by atoms with E-state index in [-0.39, 0.29) is 5.91 Å². The Morgan fingerprint density at radius 1 is 1.36 bits per heavy atom. The van der Waals surface area contributed by atoms with E-state index in [4.69, 9.17) is 0 Å². The molecule has 0 aromatic heterocycles. The molecular formula is C11H12N2O. The van der Waals surface area contributed by atoms with E-state index in [0.29, 0.717) is 5.56 Å². The molecule has 1 N–H and O–H groups in total. The molecule has 1 heterocycles. The van der Waals surface area contributed by atoms with E-state index < -0.39 is 0 Å². The number of benzene rings is 1. The minimum atomic E-state index is -0.114. The molecule has 1 amide bonds. The Morgan fingerprint density at radius 3 is 2.50 bits per heavy atom. The van der Waals surface area contributed by atoms with Crippen molar-refractivity contribution in [2.75, 3.05) is 18.0 Å². The van der Waals surface area contributed by atoms with E-state index >= 15 is 0 Å². The van der Waals surface area contributed by atoms with Crippen LogP contribution in [0.15, 0.2) is 37.0 Å². The van der Waals surface area contributed by atoms with Crippen molar-refractivity contribution >= 4 is 11.6 Å². The van der Waals surface area contributed by atoms with Gasteiger partial charge in [0.05, 0.1) is 0 Å². The topological polar surface area (TPSA) is 32.1 Å². The minimum absolute atomic E-state index is 0.114. The highest BCUT2D eigenvalue weighted by Crippen LogP contribution is 2.20. The molecule has 1 saturated heterocycles. The van der Waals surface area contributed by atoms with Crippen molar-refractivity contribution in [1.82, 2.24) is 5.32 Å². The molecule has 1 aliphatic rings. The van der Waals surface area contributed by atoms with Gasteiger partial charge in [0.2, 0.25) is 0 Å². The molecule has 0 saturated carbocycles. The second-order valence-electron chi connectivity index (χ2n) is 3.21. The van der Waals surface area contributed by atoms with Gasteiger partial charge in [-0.2, -0.15) is 0 Å². The van der Waals surface area contributed by atoms with Crippen LogP contribution in [0.3, 0.4) is 0 Å². The highest BCUT2D eigenvalue weighted by Gasteiger charge is 2.17. The van der Waals surface area contributed by atoms with Crippen molar-refractivity contribution in [1.29, 1.82) is 0 Å². The number of rotatable bonds is 3. The molecule has 0 aliphatic carbocycles. The van der Waals surface area contributed by atoms with Crippen LogP contribution < -0.4 is 10.2 Å². The normalized spacial score (nSPS) is 13.6. The number of amides is 1.